The van der Waals surface area contributed by atoms with E-state index in [9.17, 15) is 0 Å². The van der Waals surface area contributed by atoms with Crippen molar-refractivity contribution in [3.05, 3.63) is 22.4 Å². The van der Waals surface area contributed by atoms with Crippen LogP contribution < -0.4 is 5.73 Å². The van der Waals surface area contributed by atoms with E-state index in [0.29, 0.717) is 6.04 Å². The maximum Gasteiger partial charge on any atom is 0.0331 e. The summed E-state index contributed by atoms with van der Waals surface area (Å²) in [5.41, 5.74) is 7.28. The van der Waals surface area contributed by atoms with Crippen molar-refractivity contribution in [2.75, 3.05) is 0 Å². The largest absolute Gasteiger partial charge is 0.324 e. The van der Waals surface area contributed by atoms with Crippen LogP contribution in [0.3, 0.4) is 0 Å². The topological polar surface area (TPSA) is 26.0 Å². The van der Waals surface area contributed by atoms with E-state index in [1.54, 1.807) is 11.3 Å². The molecule has 0 saturated heterocycles. The Bertz CT molecular complexity index is 201. The van der Waals surface area contributed by atoms with Gasteiger partial charge in [0.15, 0.2) is 0 Å². The Morgan fingerprint density at radius 3 is 2.90 bits per heavy atom. The Morgan fingerprint density at radius 2 is 2.40 bits per heavy atom. The van der Waals surface area contributed by atoms with Gasteiger partial charge in [0, 0.05) is 6.04 Å². The summed E-state index contributed by atoms with van der Waals surface area (Å²) in [5, 5.41) is 4.25. The first-order valence-electron chi connectivity index (χ1n) is 3.65. The normalized spacial score (nSPS) is 20.9. The fourth-order valence-corrected chi connectivity index (χ4v) is 1.90. The van der Waals surface area contributed by atoms with Crippen molar-refractivity contribution < 1.29 is 0 Å². The predicted octanol–water partition coefficient (Wildman–Crippen LogP) is 2.16. The highest BCUT2D eigenvalue weighted by Gasteiger charge is 2.29. The molecule has 0 aromatic carbocycles. The quantitative estimate of drug-likeness (QED) is 0.692. The zero-order valence-corrected chi connectivity index (χ0v) is 6.60. The van der Waals surface area contributed by atoms with E-state index < -0.39 is 0 Å². The van der Waals surface area contributed by atoms with E-state index >= 15 is 0 Å². The van der Waals surface area contributed by atoms with E-state index in [-0.39, 0.29) is 0 Å². The zero-order chi connectivity index (χ0) is 6.97. The van der Waals surface area contributed by atoms with E-state index in [2.05, 4.69) is 16.8 Å². The number of hydrogen-bond donors (Lipinski definition) is 1. The van der Waals surface area contributed by atoms with Crippen LogP contribution in [-0.4, -0.2) is 0 Å². The summed E-state index contributed by atoms with van der Waals surface area (Å²) in [5.74, 6) is 0.787. The van der Waals surface area contributed by atoms with E-state index in [1.807, 2.05) is 0 Å². The molecule has 1 atom stereocenters. The van der Waals surface area contributed by atoms with Gasteiger partial charge in [-0.05, 0) is 41.1 Å². The van der Waals surface area contributed by atoms with Crippen LogP contribution in [0.5, 0.6) is 0 Å². The van der Waals surface area contributed by atoms with Gasteiger partial charge in [0.05, 0.1) is 0 Å². The molecule has 1 heterocycles. The van der Waals surface area contributed by atoms with Crippen LogP contribution in [0, 0.1) is 5.92 Å². The van der Waals surface area contributed by atoms with Crippen LogP contribution in [-0.2, 0) is 0 Å². The lowest BCUT2D eigenvalue weighted by Gasteiger charge is -2.05. The maximum atomic E-state index is 5.95. The summed E-state index contributed by atoms with van der Waals surface area (Å²) in [6.07, 6.45) is 2.66. The second kappa shape index (κ2) is 2.36. The summed E-state index contributed by atoms with van der Waals surface area (Å²) < 4.78 is 0. The molecule has 1 unspecified atom stereocenters. The van der Waals surface area contributed by atoms with Gasteiger partial charge in [0.2, 0.25) is 0 Å². The molecule has 2 rings (SSSR count). The van der Waals surface area contributed by atoms with Crippen LogP contribution in [0.1, 0.15) is 24.4 Å². The number of nitrogens with two attached hydrogens (primary N) is 1. The Kier molecular flexibility index (Phi) is 1.51. The molecule has 0 aliphatic heterocycles. The lowest BCUT2D eigenvalue weighted by Crippen LogP contribution is -2.10. The Labute approximate surface area is 64.9 Å². The molecule has 0 bridgehead atoms. The Balaban J connectivity index is 2.11. The first-order chi connectivity index (χ1) is 4.88. The summed E-state index contributed by atoms with van der Waals surface area (Å²) in [6.45, 7) is 0. The molecule has 1 saturated carbocycles. The molecule has 1 aromatic heterocycles. The Hall–Kier alpha value is -0.340. The minimum absolute atomic E-state index is 0.325. The van der Waals surface area contributed by atoms with Gasteiger partial charge >= 0.3 is 0 Å². The van der Waals surface area contributed by atoms with Crippen molar-refractivity contribution in [2.45, 2.75) is 18.9 Å². The third-order valence-electron chi connectivity index (χ3n) is 2.06. The molecule has 10 heavy (non-hydrogen) atoms. The summed E-state index contributed by atoms with van der Waals surface area (Å²) in [4.78, 5) is 0. The Morgan fingerprint density at radius 1 is 1.60 bits per heavy atom. The van der Waals surface area contributed by atoms with E-state index in [4.69, 9.17) is 5.73 Å². The average molecular weight is 153 g/mol. The zero-order valence-electron chi connectivity index (χ0n) is 5.79. The molecule has 1 aliphatic carbocycles. The molecule has 54 valence electrons. The SMILES string of the molecule is NC(c1ccsc1)C1CC1. The van der Waals surface area contributed by atoms with Crippen molar-refractivity contribution in [2.24, 2.45) is 11.7 Å². The van der Waals surface area contributed by atoms with Crippen molar-refractivity contribution in [1.82, 2.24) is 0 Å². The number of thiophene rings is 1. The minimum atomic E-state index is 0.325. The van der Waals surface area contributed by atoms with Crippen LogP contribution in [0.25, 0.3) is 0 Å². The molecule has 1 aliphatic rings. The fourth-order valence-electron chi connectivity index (χ4n) is 1.19. The monoisotopic (exact) mass is 153 g/mol. The van der Waals surface area contributed by atoms with Gasteiger partial charge in [-0.25, -0.2) is 0 Å². The summed E-state index contributed by atoms with van der Waals surface area (Å²) in [7, 11) is 0. The molecular formula is C8H11NS. The van der Waals surface area contributed by atoms with Gasteiger partial charge in [0.1, 0.15) is 0 Å². The van der Waals surface area contributed by atoms with Gasteiger partial charge < -0.3 is 5.73 Å². The predicted molar refractivity (Wildman–Crippen MR) is 44.0 cm³/mol. The van der Waals surface area contributed by atoms with Crippen LogP contribution >= 0.6 is 11.3 Å². The van der Waals surface area contributed by atoms with Crippen molar-refractivity contribution in [1.29, 1.82) is 0 Å². The van der Waals surface area contributed by atoms with E-state index in [1.165, 1.54) is 18.4 Å². The third-order valence-corrected chi connectivity index (χ3v) is 2.76. The number of rotatable bonds is 2. The molecular weight excluding hydrogens is 142 g/mol. The highest BCUT2D eigenvalue weighted by atomic mass is 32.1. The third kappa shape index (κ3) is 1.09. The second-order valence-electron chi connectivity index (χ2n) is 2.92. The van der Waals surface area contributed by atoms with Gasteiger partial charge in [0.25, 0.3) is 0 Å². The summed E-state index contributed by atoms with van der Waals surface area (Å²) >= 11 is 1.73. The maximum absolute atomic E-state index is 5.95. The van der Waals surface area contributed by atoms with Crippen LogP contribution in [0.15, 0.2) is 16.8 Å². The molecule has 0 amide bonds. The van der Waals surface area contributed by atoms with Gasteiger partial charge in [-0.2, -0.15) is 11.3 Å². The second-order valence-corrected chi connectivity index (χ2v) is 3.70. The van der Waals surface area contributed by atoms with Gasteiger partial charge in [-0.15, -0.1) is 0 Å². The molecule has 1 nitrogen and oxygen atoms in total. The number of hydrogen-bond acceptors (Lipinski definition) is 2. The minimum Gasteiger partial charge on any atom is -0.324 e. The van der Waals surface area contributed by atoms with Crippen molar-refractivity contribution in [3.63, 3.8) is 0 Å². The highest BCUT2D eigenvalue weighted by Crippen LogP contribution is 2.39. The highest BCUT2D eigenvalue weighted by molar-refractivity contribution is 7.07. The standard InChI is InChI=1S/C8H11NS/c9-8(6-1-2-6)7-3-4-10-5-7/h3-6,8H,1-2,9H2. The van der Waals surface area contributed by atoms with Gasteiger partial charge in [-0.1, -0.05) is 0 Å². The molecule has 2 N–H and O–H groups in total. The molecule has 1 fully saturated rings. The van der Waals surface area contributed by atoms with Crippen LogP contribution in [0.2, 0.25) is 0 Å². The van der Waals surface area contributed by atoms with E-state index in [0.717, 1.165) is 5.92 Å². The fraction of sp³-hybridized carbons (Fsp3) is 0.500. The lowest BCUT2D eigenvalue weighted by molar-refractivity contribution is 0.636. The summed E-state index contributed by atoms with van der Waals surface area (Å²) in [6, 6.07) is 2.46. The van der Waals surface area contributed by atoms with Gasteiger partial charge in [-0.3, -0.25) is 0 Å². The van der Waals surface area contributed by atoms with Crippen LogP contribution in [0.4, 0.5) is 0 Å². The van der Waals surface area contributed by atoms with Crippen molar-refractivity contribution in [3.8, 4) is 0 Å². The molecule has 1 aromatic rings. The first-order valence-corrected chi connectivity index (χ1v) is 4.60. The molecule has 0 spiro atoms. The van der Waals surface area contributed by atoms with Crippen molar-refractivity contribution >= 4 is 11.3 Å². The lowest BCUT2D eigenvalue weighted by atomic mass is 10.1. The first kappa shape index (κ1) is 6.38. The molecule has 2 heteroatoms. The smallest absolute Gasteiger partial charge is 0.0331 e. The molecule has 0 radical (unpaired) electrons. The average Bonchev–Trinajstić information content (AvgIpc) is 2.65.